The maximum absolute atomic E-state index is 13.4. The van der Waals surface area contributed by atoms with Gasteiger partial charge in [-0.25, -0.2) is 4.79 Å². The summed E-state index contributed by atoms with van der Waals surface area (Å²) in [5, 5.41) is 12.1. The van der Waals surface area contributed by atoms with Crippen molar-refractivity contribution in [3.8, 4) is 0 Å². The Hall–Kier alpha value is -0.869. The molecule has 0 aromatic carbocycles. The maximum Gasteiger partial charge on any atom is 0.351 e. The molecule has 12 heteroatoms. The van der Waals surface area contributed by atoms with Crippen molar-refractivity contribution in [1.29, 1.82) is 0 Å². The molecule has 1 aromatic rings. The van der Waals surface area contributed by atoms with E-state index in [0.717, 1.165) is 0 Å². The van der Waals surface area contributed by atoms with Crippen LogP contribution in [-0.2, 0) is 18.0 Å². The lowest BCUT2D eigenvalue weighted by molar-refractivity contribution is -0.0509. The molecule has 1 saturated heterocycles. The molecule has 2 N–H and O–H groups in total. The first-order valence-electron chi connectivity index (χ1n) is 14.9. The third-order valence-electron chi connectivity index (χ3n) is 9.70. The van der Waals surface area contributed by atoms with Gasteiger partial charge in [-0.2, -0.15) is 4.98 Å². The number of rotatable bonds is 11. The molecule has 0 bridgehead atoms. The highest BCUT2D eigenvalue weighted by molar-refractivity contribution is 6.75. The van der Waals surface area contributed by atoms with Crippen LogP contribution in [0.5, 0.6) is 0 Å². The fourth-order valence-electron chi connectivity index (χ4n) is 3.76. The Morgan fingerprint density at radius 1 is 0.878 bits per heavy atom. The van der Waals surface area contributed by atoms with Crippen molar-refractivity contribution in [2.45, 2.75) is 141 Å². The number of anilines is 1. The number of nitrogens with zero attached hydrogens (tertiary/aromatic N) is 2. The van der Waals surface area contributed by atoms with E-state index in [2.05, 4.69) is 112 Å². The van der Waals surface area contributed by atoms with Gasteiger partial charge in [-0.15, -0.1) is 0 Å². The summed E-state index contributed by atoms with van der Waals surface area (Å²) in [6, 6.07) is 1.73. The van der Waals surface area contributed by atoms with Crippen molar-refractivity contribution < 1.29 is 23.1 Å². The number of aliphatic hydroxyl groups excluding tert-OH is 1. The van der Waals surface area contributed by atoms with Gasteiger partial charge >= 0.3 is 5.69 Å². The highest BCUT2D eigenvalue weighted by Gasteiger charge is 2.55. The summed E-state index contributed by atoms with van der Waals surface area (Å²) >= 11 is 0. The zero-order chi connectivity index (χ0) is 31.8. The molecule has 2 heterocycles. The first-order valence-corrected chi connectivity index (χ1v) is 23.7. The van der Waals surface area contributed by atoms with Crippen LogP contribution in [-0.4, -0.2) is 77.7 Å². The molecule has 1 aliphatic rings. The van der Waals surface area contributed by atoms with E-state index in [4.69, 9.17) is 18.0 Å². The van der Waals surface area contributed by atoms with E-state index in [1.807, 2.05) is 0 Å². The minimum Gasteiger partial charge on any atom is -0.414 e. The van der Waals surface area contributed by atoms with Crippen LogP contribution in [0.1, 0.15) is 68.5 Å². The molecular weight excluding hydrogens is 571 g/mol. The minimum atomic E-state index is -2.33. The summed E-state index contributed by atoms with van der Waals surface area (Å²) in [4.78, 5) is 17.6. The molecule has 0 aliphatic carbocycles. The third-order valence-corrected chi connectivity index (χ3v) is 23.1. The average Bonchev–Trinajstić information content (AvgIpc) is 3.09. The largest absolute Gasteiger partial charge is 0.414 e. The highest BCUT2D eigenvalue weighted by atomic mass is 28.4. The number of hydrogen-bond acceptors (Lipinski definition) is 8. The SMILES string of the molecule is CC(C)(C)[Si](C)(C)OC[C@H]1O[C@@H](n2ccc(NCCO)nc2=O)[C@H](O[Si](C)(C)C(C)(C)C)[C@@H]1O[Si](C)(C)C(C)(C)C. The topological polar surface area (TPSA) is 104 Å². The Kier molecular flexibility index (Phi) is 11.2. The normalized spacial score (nSPS) is 23.2. The summed E-state index contributed by atoms with van der Waals surface area (Å²) in [7, 11) is -6.70. The van der Waals surface area contributed by atoms with Crippen LogP contribution in [0.25, 0.3) is 0 Å². The Bertz CT molecular complexity index is 1070. The van der Waals surface area contributed by atoms with Gasteiger partial charge in [-0.1, -0.05) is 62.3 Å². The van der Waals surface area contributed by atoms with Gasteiger partial charge in [0, 0.05) is 12.7 Å². The molecule has 0 amide bonds. The van der Waals surface area contributed by atoms with Gasteiger partial charge in [0.15, 0.2) is 31.2 Å². The van der Waals surface area contributed by atoms with Gasteiger partial charge in [-0.05, 0) is 60.5 Å². The Morgan fingerprint density at radius 2 is 1.37 bits per heavy atom. The zero-order valence-corrected chi connectivity index (χ0v) is 31.5. The van der Waals surface area contributed by atoms with E-state index in [1.165, 1.54) is 4.57 Å². The minimum absolute atomic E-state index is 0.0319. The van der Waals surface area contributed by atoms with Gasteiger partial charge in [0.05, 0.1) is 13.2 Å². The molecule has 1 aromatic heterocycles. The lowest BCUT2D eigenvalue weighted by atomic mass is 10.1. The standard InChI is InChI=1S/C29H59N3O6Si3/c1-27(2,3)39(10,11)35-20-21-23(37-40(12,13)28(4,5)6)24(38-41(14,15)29(7,8)9)25(36-21)32-18-16-22(30-17-19-33)31-26(32)34/h16,18,21,23-25,33H,17,19-20H2,1-15H3,(H,30,31,34)/t21-,23-,24-,25-/m1/s1. The molecule has 2 rings (SSSR count). The Labute approximate surface area is 252 Å². The van der Waals surface area contributed by atoms with E-state index in [9.17, 15) is 9.90 Å². The van der Waals surface area contributed by atoms with E-state index in [1.54, 1.807) is 12.3 Å². The predicted molar refractivity (Wildman–Crippen MR) is 175 cm³/mol. The number of hydrogen-bond donors (Lipinski definition) is 2. The molecule has 9 nitrogen and oxygen atoms in total. The second-order valence-corrected chi connectivity index (χ2v) is 30.3. The second-order valence-electron chi connectivity index (χ2n) is 16.0. The van der Waals surface area contributed by atoms with Crippen LogP contribution in [0.2, 0.25) is 54.4 Å². The molecule has 1 aliphatic heterocycles. The van der Waals surface area contributed by atoms with Crippen molar-refractivity contribution >= 4 is 30.8 Å². The third kappa shape index (κ3) is 8.62. The number of aromatic nitrogens is 2. The smallest absolute Gasteiger partial charge is 0.351 e. The van der Waals surface area contributed by atoms with Crippen molar-refractivity contribution in [1.82, 2.24) is 9.55 Å². The van der Waals surface area contributed by atoms with Crippen molar-refractivity contribution in [3.63, 3.8) is 0 Å². The molecule has 1 fully saturated rings. The zero-order valence-electron chi connectivity index (χ0n) is 28.5. The number of nitrogens with one attached hydrogen (secondary N) is 1. The molecule has 41 heavy (non-hydrogen) atoms. The monoisotopic (exact) mass is 629 g/mol. The van der Waals surface area contributed by atoms with Crippen molar-refractivity contribution in [3.05, 3.63) is 22.7 Å². The van der Waals surface area contributed by atoms with E-state index >= 15 is 0 Å². The van der Waals surface area contributed by atoms with Gasteiger partial charge in [0.25, 0.3) is 0 Å². The molecule has 0 spiro atoms. The van der Waals surface area contributed by atoms with E-state index < -0.39 is 55.2 Å². The fraction of sp³-hybridized carbons (Fsp3) is 0.862. The maximum atomic E-state index is 13.4. The van der Waals surface area contributed by atoms with Crippen LogP contribution in [0, 0.1) is 0 Å². The highest BCUT2D eigenvalue weighted by Crippen LogP contribution is 2.46. The van der Waals surface area contributed by atoms with Crippen LogP contribution in [0.3, 0.4) is 0 Å². The van der Waals surface area contributed by atoms with Gasteiger partial charge in [-0.3, -0.25) is 4.57 Å². The second kappa shape index (κ2) is 12.6. The summed E-state index contributed by atoms with van der Waals surface area (Å²) in [5.41, 5.74) is -0.446. The number of aliphatic hydroxyl groups is 1. The van der Waals surface area contributed by atoms with E-state index in [-0.39, 0.29) is 21.7 Å². The first kappa shape index (κ1) is 36.3. The summed E-state index contributed by atoms with van der Waals surface area (Å²) in [6.07, 6.45) is -0.383. The lowest BCUT2D eigenvalue weighted by Gasteiger charge is -2.44. The van der Waals surface area contributed by atoms with Gasteiger partial charge in [0.1, 0.15) is 24.1 Å². The summed E-state index contributed by atoms with van der Waals surface area (Å²) in [5.74, 6) is 0.409. The van der Waals surface area contributed by atoms with Crippen molar-refractivity contribution in [2.24, 2.45) is 0 Å². The first-order chi connectivity index (χ1) is 18.3. The predicted octanol–water partition coefficient (Wildman–Crippen LogP) is 6.35. The van der Waals surface area contributed by atoms with Crippen LogP contribution < -0.4 is 11.0 Å². The summed E-state index contributed by atoms with van der Waals surface area (Å²) in [6.45, 7) is 34.0. The van der Waals surface area contributed by atoms with Crippen LogP contribution in [0.4, 0.5) is 5.82 Å². The number of ether oxygens (including phenoxy) is 1. The molecule has 0 unspecified atom stereocenters. The van der Waals surface area contributed by atoms with Crippen LogP contribution in [0.15, 0.2) is 17.1 Å². The Balaban J connectivity index is 2.65. The molecule has 0 radical (unpaired) electrons. The fourth-order valence-corrected chi connectivity index (χ4v) is 7.38. The molecule has 238 valence electrons. The van der Waals surface area contributed by atoms with Crippen LogP contribution >= 0.6 is 0 Å². The van der Waals surface area contributed by atoms with Crippen molar-refractivity contribution in [2.75, 3.05) is 25.1 Å². The van der Waals surface area contributed by atoms with Gasteiger partial charge in [0.2, 0.25) is 0 Å². The molecular formula is C29H59N3O6Si3. The van der Waals surface area contributed by atoms with E-state index in [0.29, 0.717) is 19.0 Å². The molecule has 0 saturated carbocycles. The summed E-state index contributed by atoms with van der Waals surface area (Å²) < 4.78 is 29.2. The quantitative estimate of drug-likeness (QED) is 0.273. The average molecular weight is 630 g/mol. The molecule has 4 atom stereocenters. The lowest BCUT2D eigenvalue weighted by Crippen LogP contribution is -2.54. The Morgan fingerprint density at radius 3 is 1.80 bits per heavy atom. The van der Waals surface area contributed by atoms with Gasteiger partial charge < -0.3 is 28.4 Å².